The molecule has 1 N–H and O–H groups in total. The zero-order valence-electron chi connectivity index (χ0n) is 10.0. The Morgan fingerprint density at radius 3 is 2.76 bits per heavy atom. The lowest BCUT2D eigenvalue weighted by atomic mass is 10.1. The lowest BCUT2D eigenvalue weighted by Gasteiger charge is -2.20. The maximum absolute atomic E-state index is 10.9. The highest BCUT2D eigenvalue weighted by Crippen LogP contribution is 2.30. The first kappa shape index (κ1) is 11.9. The third-order valence-corrected chi connectivity index (χ3v) is 3.21. The lowest BCUT2D eigenvalue weighted by Crippen LogP contribution is -2.29. The highest BCUT2D eigenvalue weighted by molar-refractivity contribution is 5.57. The highest BCUT2D eigenvalue weighted by Gasteiger charge is 2.31. The molecule has 0 aromatic heterocycles. The fourth-order valence-corrected chi connectivity index (χ4v) is 2.16. The molecular formula is C12H16N2O3. The van der Waals surface area contributed by atoms with Crippen LogP contribution in [-0.2, 0) is 0 Å². The number of rotatable bonds is 2. The minimum absolute atomic E-state index is 0.133. The van der Waals surface area contributed by atoms with E-state index in [0.29, 0.717) is 18.5 Å². The smallest absolute Gasteiger partial charge is 0.274 e. The second kappa shape index (κ2) is 4.00. The van der Waals surface area contributed by atoms with Crippen LogP contribution in [0.15, 0.2) is 18.2 Å². The molecule has 2 rings (SSSR count). The van der Waals surface area contributed by atoms with Gasteiger partial charge in [-0.25, -0.2) is 0 Å². The number of hydrogen-bond donors (Lipinski definition) is 1. The molecule has 5 nitrogen and oxygen atoms in total. The topological polar surface area (TPSA) is 66.6 Å². The molecule has 1 fully saturated rings. The summed E-state index contributed by atoms with van der Waals surface area (Å²) in [4.78, 5) is 12.5. The van der Waals surface area contributed by atoms with Crippen molar-refractivity contribution in [3.63, 3.8) is 0 Å². The first-order valence-electron chi connectivity index (χ1n) is 5.61. The van der Waals surface area contributed by atoms with Crippen molar-refractivity contribution in [1.29, 1.82) is 0 Å². The third kappa shape index (κ3) is 2.39. The Morgan fingerprint density at radius 2 is 2.24 bits per heavy atom. The van der Waals surface area contributed by atoms with Crippen LogP contribution in [0, 0.1) is 17.0 Å². The second-order valence-electron chi connectivity index (χ2n) is 4.90. The Labute approximate surface area is 99.8 Å². The molecule has 1 aliphatic heterocycles. The van der Waals surface area contributed by atoms with Crippen molar-refractivity contribution in [2.75, 3.05) is 18.0 Å². The van der Waals surface area contributed by atoms with Gasteiger partial charge in [-0.2, -0.15) is 0 Å². The molecular weight excluding hydrogens is 220 g/mol. The number of anilines is 1. The Bertz CT molecular complexity index is 457. The Kier molecular flexibility index (Phi) is 2.79. The number of nitro benzene ring substituents is 1. The molecule has 1 aromatic rings. The zero-order valence-corrected chi connectivity index (χ0v) is 10.0. The number of benzene rings is 1. The summed E-state index contributed by atoms with van der Waals surface area (Å²) >= 11 is 0. The van der Waals surface area contributed by atoms with E-state index in [1.807, 2.05) is 11.0 Å². The van der Waals surface area contributed by atoms with Gasteiger partial charge in [0.25, 0.3) is 5.69 Å². The van der Waals surface area contributed by atoms with Crippen LogP contribution in [0.3, 0.4) is 0 Å². The van der Waals surface area contributed by atoms with Crippen molar-refractivity contribution in [3.05, 3.63) is 33.9 Å². The quantitative estimate of drug-likeness (QED) is 0.628. The van der Waals surface area contributed by atoms with Gasteiger partial charge in [-0.1, -0.05) is 6.07 Å². The van der Waals surface area contributed by atoms with Crippen molar-refractivity contribution in [2.45, 2.75) is 25.9 Å². The molecule has 0 spiro atoms. The first-order chi connectivity index (χ1) is 7.89. The van der Waals surface area contributed by atoms with Crippen LogP contribution in [0.5, 0.6) is 0 Å². The van der Waals surface area contributed by atoms with Crippen molar-refractivity contribution in [3.8, 4) is 0 Å². The number of hydrogen-bond acceptors (Lipinski definition) is 4. The number of aryl methyl sites for hydroxylation is 1. The summed E-state index contributed by atoms with van der Waals surface area (Å²) in [5.41, 5.74) is 0.901. The van der Waals surface area contributed by atoms with Crippen LogP contribution >= 0.6 is 0 Å². The van der Waals surface area contributed by atoms with Crippen LogP contribution in [-0.4, -0.2) is 28.7 Å². The molecule has 1 aromatic carbocycles. The molecule has 0 radical (unpaired) electrons. The maximum atomic E-state index is 10.9. The SMILES string of the molecule is Cc1ccc(N2CCC(C)(O)C2)cc1[N+](=O)[O-]. The minimum atomic E-state index is -0.695. The van der Waals surface area contributed by atoms with E-state index < -0.39 is 5.60 Å². The summed E-state index contributed by atoms with van der Waals surface area (Å²) in [7, 11) is 0. The average Bonchev–Trinajstić information content (AvgIpc) is 2.59. The van der Waals surface area contributed by atoms with Gasteiger partial charge < -0.3 is 10.0 Å². The normalized spacial score (nSPS) is 24.1. The molecule has 1 aliphatic rings. The fourth-order valence-electron chi connectivity index (χ4n) is 2.16. The van der Waals surface area contributed by atoms with Crippen molar-refractivity contribution in [2.24, 2.45) is 0 Å². The van der Waals surface area contributed by atoms with E-state index >= 15 is 0 Å². The molecule has 1 atom stereocenters. The minimum Gasteiger partial charge on any atom is -0.388 e. The molecule has 1 unspecified atom stereocenters. The maximum Gasteiger partial charge on any atom is 0.274 e. The molecule has 5 heteroatoms. The number of nitro groups is 1. The number of aliphatic hydroxyl groups is 1. The van der Waals surface area contributed by atoms with E-state index in [0.717, 1.165) is 12.2 Å². The van der Waals surface area contributed by atoms with Crippen LogP contribution in [0.25, 0.3) is 0 Å². The largest absolute Gasteiger partial charge is 0.388 e. The molecule has 92 valence electrons. The summed E-state index contributed by atoms with van der Waals surface area (Å²) in [6, 6.07) is 5.20. The summed E-state index contributed by atoms with van der Waals surface area (Å²) in [5.74, 6) is 0. The van der Waals surface area contributed by atoms with Gasteiger partial charge in [-0.05, 0) is 26.3 Å². The number of nitrogens with zero attached hydrogens (tertiary/aromatic N) is 2. The van der Waals surface area contributed by atoms with Crippen LogP contribution in [0.4, 0.5) is 11.4 Å². The van der Waals surface area contributed by atoms with E-state index in [1.54, 1.807) is 26.0 Å². The Balaban J connectivity index is 2.29. The summed E-state index contributed by atoms with van der Waals surface area (Å²) < 4.78 is 0. The van der Waals surface area contributed by atoms with Gasteiger partial charge in [-0.15, -0.1) is 0 Å². The van der Waals surface area contributed by atoms with Crippen molar-refractivity contribution < 1.29 is 10.0 Å². The lowest BCUT2D eigenvalue weighted by molar-refractivity contribution is -0.385. The van der Waals surface area contributed by atoms with E-state index in [2.05, 4.69) is 0 Å². The van der Waals surface area contributed by atoms with Crippen molar-refractivity contribution >= 4 is 11.4 Å². The molecule has 0 amide bonds. The molecule has 0 bridgehead atoms. The van der Waals surface area contributed by atoms with E-state index in [4.69, 9.17) is 0 Å². The van der Waals surface area contributed by atoms with Gasteiger partial charge in [0.1, 0.15) is 0 Å². The monoisotopic (exact) mass is 236 g/mol. The molecule has 1 heterocycles. The standard InChI is InChI=1S/C12H16N2O3/c1-9-3-4-10(7-11(9)14(16)17)13-6-5-12(2,15)8-13/h3-4,7,15H,5-6,8H2,1-2H3. The van der Waals surface area contributed by atoms with Gasteiger partial charge in [-0.3, -0.25) is 10.1 Å². The predicted molar refractivity (Wildman–Crippen MR) is 65.3 cm³/mol. The summed E-state index contributed by atoms with van der Waals surface area (Å²) in [6.45, 7) is 4.76. The van der Waals surface area contributed by atoms with Crippen LogP contribution in [0.2, 0.25) is 0 Å². The predicted octanol–water partition coefficient (Wildman–Crippen LogP) is 1.86. The van der Waals surface area contributed by atoms with Crippen molar-refractivity contribution in [1.82, 2.24) is 0 Å². The van der Waals surface area contributed by atoms with Crippen LogP contribution in [0.1, 0.15) is 18.9 Å². The zero-order chi connectivity index (χ0) is 12.6. The molecule has 1 saturated heterocycles. The summed E-state index contributed by atoms with van der Waals surface area (Å²) in [5, 5.41) is 20.7. The van der Waals surface area contributed by atoms with Gasteiger partial charge in [0.2, 0.25) is 0 Å². The van der Waals surface area contributed by atoms with Gasteiger partial charge >= 0.3 is 0 Å². The Hall–Kier alpha value is -1.62. The average molecular weight is 236 g/mol. The van der Waals surface area contributed by atoms with E-state index in [9.17, 15) is 15.2 Å². The van der Waals surface area contributed by atoms with Gasteiger partial charge in [0.15, 0.2) is 0 Å². The third-order valence-electron chi connectivity index (χ3n) is 3.21. The molecule has 0 aliphatic carbocycles. The molecule has 17 heavy (non-hydrogen) atoms. The van der Waals surface area contributed by atoms with E-state index in [-0.39, 0.29) is 10.6 Å². The number of β-amino-alcohol motifs (C(OH)–C–C–N with tert-alkyl or cyclic N) is 1. The van der Waals surface area contributed by atoms with Crippen LogP contribution < -0.4 is 4.90 Å². The van der Waals surface area contributed by atoms with Gasteiger partial charge in [0.05, 0.1) is 10.5 Å². The first-order valence-corrected chi connectivity index (χ1v) is 5.61. The highest BCUT2D eigenvalue weighted by atomic mass is 16.6. The molecule has 0 saturated carbocycles. The summed E-state index contributed by atoms with van der Waals surface area (Å²) in [6.07, 6.45) is 0.689. The van der Waals surface area contributed by atoms with Gasteiger partial charge in [0, 0.05) is 30.4 Å². The second-order valence-corrected chi connectivity index (χ2v) is 4.90. The Morgan fingerprint density at radius 1 is 1.53 bits per heavy atom. The van der Waals surface area contributed by atoms with E-state index in [1.165, 1.54) is 0 Å². The fraction of sp³-hybridized carbons (Fsp3) is 0.500.